The molecule has 0 unspecified atom stereocenters. The maximum atomic E-state index is 13.6. The summed E-state index contributed by atoms with van der Waals surface area (Å²) in [6.45, 7) is -0.201. The number of aromatic carboxylic acids is 1. The van der Waals surface area contributed by atoms with Crippen LogP contribution in [0.4, 0.5) is 8.78 Å². The molecular weight excluding hydrogens is 270 g/mol. The van der Waals surface area contributed by atoms with Gasteiger partial charge < -0.3 is 14.9 Å². The number of carbonyl (C=O) groups is 1. The second-order valence-corrected chi connectivity index (χ2v) is 5.15. The summed E-state index contributed by atoms with van der Waals surface area (Å²) < 4.78 is 32.3. The first-order valence-corrected chi connectivity index (χ1v) is 6.49. The van der Waals surface area contributed by atoms with Crippen molar-refractivity contribution in [2.75, 3.05) is 6.61 Å². The molecule has 0 saturated heterocycles. The monoisotopic (exact) mass is 286 g/mol. The van der Waals surface area contributed by atoms with Crippen molar-refractivity contribution >= 4 is 5.97 Å². The van der Waals surface area contributed by atoms with E-state index in [-0.39, 0.29) is 6.61 Å². The molecule has 1 aromatic rings. The lowest BCUT2D eigenvalue weighted by Crippen LogP contribution is -2.38. The molecule has 1 saturated carbocycles. The van der Waals surface area contributed by atoms with Gasteiger partial charge in [-0.25, -0.2) is 13.6 Å². The van der Waals surface area contributed by atoms with Gasteiger partial charge in [-0.05, 0) is 25.0 Å². The standard InChI is InChI=1S/C14H16F2O4/c15-10-6-9(13(17)18)7-11(16)12(10)20-8-14(19)4-2-1-3-5-14/h6-7,19H,1-5,8H2,(H,17,18). The van der Waals surface area contributed by atoms with Crippen LogP contribution in [0.5, 0.6) is 5.75 Å². The Bertz CT molecular complexity index is 487. The number of carboxylic acid groups (broad SMARTS) is 1. The normalized spacial score (nSPS) is 17.8. The van der Waals surface area contributed by atoms with E-state index in [4.69, 9.17) is 9.84 Å². The van der Waals surface area contributed by atoms with Gasteiger partial charge in [-0.3, -0.25) is 0 Å². The van der Waals surface area contributed by atoms with E-state index in [1.807, 2.05) is 0 Å². The largest absolute Gasteiger partial charge is 0.485 e. The lowest BCUT2D eigenvalue weighted by Gasteiger charge is -2.31. The maximum Gasteiger partial charge on any atom is 0.335 e. The molecule has 110 valence electrons. The highest BCUT2D eigenvalue weighted by molar-refractivity contribution is 5.87. The van der Waals surface area contributed by atoms with Gasteiger partial charge >= 0.3 is 5.97 Å². The highest BCUT2D eigenvalue weighted by atomic mass is 19.1. The Hall–Kier alpha value is -1.69. The molecule has 20 heavy (non-hydrogen) atoms. The number of hydrogen-bond acceptors (Lipinski definition) is 3. The fourth-order valence-corrected chi connectivity index (χ4v) is 2.38. The van der Waals surface area contributed by atoms with Crippen molar-refractivity contribution < 1.29 is 28.5 Å². The molecule has 0 amide bonds. The van der Waals surface area contributed by atoms with Gasteiger partial charge in [0.2, 0.25) is 0 Å². The van der Waals surface area contributed by atoms with Gasteiger partial charge in [0.05, 0.1) is 11.2 Å². The maximum absolute atomic E-state index is 13.6. The molecule has 6 heteroatoms. The average Bonchev–Trinajstić information content (AvgIpc) is 2.38. The van der Waals surface area contributed by atoms with Crippen LogP contribution in [0.2, 0.25) is 0 Å². The van der Waals surface area contributed by atoms with Crippen LogP contribution >= 0.6 is 0 Å². The fourth-order valence-electron chi connectivity index (χ4n) is 2.38. The Labute approximate surface area is 115 Å². The van der Waals surface area contributed by atoms with Gasteiger partial charge in [0, 0.05) is 0 Å². The van der Waals surface area contributed by atoms with Crippen molar-refractivity contribution in [1.82, 2.24) is 0 Å². The van der Waals surface area contributed by atoms with Crippen LogP contribution < -0.4 is 4.74 Å². The molecule has 2 rings (SSSR count). The van der Waals surface area contributed by atoms with Gasteiger partial charge in [0.1, 0.15) is 6.61 Å². The zero-order valence-electron chi connectivity index (χ0n) is 10.9. The van der Waals surface area contributed by atoms with E-state index in [0.29, 0.717) is 25.0 Å². The third-order valence-corrected chi connectivity index (χ3v) is 3.51. The molecule has 0 bridgehead atoms. The molecular formula is C14H16F2O4. The quantitative estimate of drug-likeness (QED) is 0.893. The van der Waals surface area contributed by atoms with Crippen molar-refractivity contribution in [2.45, 2.75) is 37.7 Å². The van der Waals surface area contributed by atoms with E-state index in [9.17, 15) is 18.7 Å². The van der Waals surface area contributed by atoms with Gasteiger partial charge in [0.25, 0.3) is 0 Å². The first kappa shape index (κ1) is 14.7. The Morgan fingerprint density at radius 3 is 2.25 bits per heavy atom. The SMILES string of the molecule is O=C(O)c1cc(F)c(OCC2(O)CCCCC2)c(F)c1. The third kappa shape index (κ3) is 3.25. The Balaban J connectivity index is 2.11. The van der Waals surface area contributed by atoms with Crippen molar-refractivity contribution in [2.24, 2.45) is 0 Å². The van der Waals surface area contributed by atoms with Crippen LogP contribution in [0.1, 0.15) is 42.5 Å². The number of rotatable bonds is 4. The number of hydrogen-bond donors (Lipinski definition) is 2. The summed E-state index contributed by atoms with van der Waals surface area (Å²) in [4.78, 5) is 10.7. The lowest BCUT2D eigenvalue weighted by molar-refractivity contribution is -0.0355. The lowest BCUT2D eigenvalue weighted by atomic mass is 9.85. The molecule has 0 heterocycles. The summed E-state index contributed by atoms with van der Waals surface area (Å²) in [5.74, 6) is -4.22. The molecule has 0 aliphatic heterocycles. The zero-order chi connectivity index (χ0) is 14.8. The molecule has 0 atom stereocenters. The number of halogens is 2. The minimum absolute atomic E-state index is 0.201. The topological polar surface area (TPSA) is 66.8 Å². The van der Waals surface area contributed by atoms with Gasteiger partial charge in [0.15, 0.2) is 17.4 Å². The Morgan fingerprint density at radius 1 is 1.20 bits per heavy atom. The van der Waals surface area contributed by atoms with Crippen molar-refractivity contribution in [1.29, 1.82) is 0 Å². The predicted octanol–water partition coefficient (Wildman–Crippen LogP) is 2.74. The van der Waals surface area contributed by atoms with Gasteiger partial charge in [-0.2, -0.15) is 0 Å². The summed E-state index contributed by atoms with van der Waals surface area (Å²) in [7, 11) is 0. The van der Waals surface area contributed by atoms with Crippen LogP contribution in [0.25, 0.3) is 0 Å². The molecule has 1 aromatic carbocycles. The van der Waals surface area contributed by atoms with Crippen LogP contribution in [0.15, 0.2) is 12.1 Å². The molecule has 4 nitrogen and oxygen atoms in total. The molecule has 1 fully saturated rings. The molecule has 2 N–H and O–H groups in total. The molecule has 1 aliphatic rings. The first-order chi connectivity index (χ1) is 9.41. The van der Waals surface area contributed by atoms with Crippen LogP contribution in [-0.2, 0) is 0 Å². The third-order valence-electron chi connectivity index (χ3n) is 3.51. The Kier molecular flexibility index (Phi) is 4.23. The van der Waals surface area contributed by atoms with E-state index >= 15 is 0 Å². The molecule has 0 spiro atoms. The van der Waals surface area contributed by atoms with E-state index in [1.165, 1.54) is 0 Å². The summed E-state index contributed by atoms with van der Waals surface area (Å²) >= 11 is 0. The second-order valence-electron chi connectivity index (χ2n) is 5.15. The molecule has 1 aliphatic carbocycles. The minimum atomic E-state index is -1.42. The van der Waals surface area contributed by atoms with E-state index in [2.05, 4.69) is 0 Å². The Morgan fingerprint density at radius 2 is 1.75 bits per heavy atom. The summed E-state index contributed by atoms with van der Waals surface area (Å²) in [5, 5.41) is 18.9. The van der Waals surface area contributed by atoms with E-state index in [0.717, 1.165) is 19.3 Å². The average molecular weight is 286 g/mol. The van der Waals surface area contributed by atoms with E-state index in [1.54, 1.807) is 0 Å². The summed E-state index contributed by atoms with van der Waals surface area (Å²) in [6.07, 6.45) is 3.79. The zero-order valence-corrected chi connectivity index (χ0v) is 10.9. The predicted molar refractivity (Wildman–Crippen MR) is 66.8 cm³/mol. The summed E-state index contributed by atoms with van der Waals surface area (Å²) in [6, 6.07) is 1.40. The molecule has 0 aromatic heterocycles. The second kappa shape index (κ2) is 5.75. The van der Waals surface area contributed by atoms with Crippen molar-refractivity contribution in [3.8, 4) is 5.75 Å². The van der Waals surface area contributed by atoms with Crippen molar-refractivity contribution in [3.63, 3.8) is 0 Å². The highest BCUT2D eigenvalue weighted by Crippen LogP contribution is 2.30. The van der Waals surface area contributed by atoms with Crippen LogP contribution in [0.3, 0.4) is 0 Å². The van der Waals surface area contributed by atoms with Gasteiger partial charge in [-0.1, -0.05) is 19.3 Å². The van der Waals surface area contributed by atoms with Gasteiger partial charge in [-0.15, -0.1) is 0 Å². The van der Waals surface area contributed by atoms with Crippen LogP contribution in [0, 0.1) is 11.6 Å². The number of ether oxygens (including phenoxy) is 1. The number of carboxylic acids is 1. The van der Waals surface area contributed by atoms with E-state index < -0.39 is 34.5 Å². The number of benzene rings is 1. The minimum Gasteiger partial charge on any atom is -0.485 e. The van der Waals surface area contributed by atoms with Crippen LogP contribution in [-0.4, -0.2) is 28.4 Å². The fraction of sp³-hybridized carbons (Fsp3) is 0.500. The molecule has 0 radical (unpaired) electrons. The highest BCUT2D eigenvalue weighted by Gasteiger charge is 2.31. The number of aliphatic hydroxyl groups is 1. The van der Waals surface area contributed by atoms with Crippen molar-refractivity contribution in [3.05, 3.63) is 29.3 Å². The smallest absolute Gasteiger partial charge is 0.335 e. The summed E-state index contributed by atoms with van der Waals surface area (Å²) in [5.41, 5.74) is -1.55. The first-order valence-electron chi connectivity index (χ1n) is 6.49.